The van der Waals surface area contributed by atoms with Crippen molar-refractivity contribution in [2.45, 2.75) is 116 Å². The minimum atomic E-state index is -2.11. The number of aromatic amines is 1. The molecule has 0 radical (unpaired) electrons. The van der Waals surface area contributed by atoms with Crippen LogP contribution in [-0.2, 0) is 4.74 Å². The minimum Gasteiger partial charge on any atom is -0.465 e. The lowest BCUT2D eigenvalue weighted by Crippen LogP contribution is -2.43. The molecule has 0 atom stereocenters. The summed E-state index contributed by atoms with van der Waals surface area (Å²) in [5.74, 6) is 5.96. The number of carbonyl (C=O) groups excluding carboxylic acids is 1. The molecular weight excluding hydrogens is 466 g/mol. The number of hydrogen-bond acceptors (Lipinski definition) is 3. The Kier molecular flexibility index (Phi) is 10.9. The summed E-state index contributed by atoms with van der Waals surface area (Å²) in [4.78, 5) is 28.7. The number of nitrogens with one attached hydrogen (secondary N) is 1. The van der Waals surface area contributed by atoms with Crippen molar-refractivity contribution in [2.24, 2.45) is 0 Å². The predicted molar refractivity (Wildman–Crippen MR) is 154 cm³/mol. The molecule has 0 aliphatic rings. The van der Waals surface area contributed by atoms with Crippen molar-refractivity contribution in [2.75, 3.05) is 7.11 Å². The van der Waals surface area contributed by atoms with Gasteiger partial charge in [0.15, 0.2) is 0 Å². The number of pyridine rings is 1. The maximum atomic E-state index is 13.0. The van der Waals surface area contributed by atoms with Gasteiger partial charge in [0, 0.05) is 6.20 Å². The molecule has 0 saturated carbocycles. The number of ether oxygens (including phenoxy) is 1. The van der Waals surface area contributed by atoms with E-state index in [1.807, 2.05) is 0 Å². The van der Waals surface area contributed by atoms with Crippen LogP contribution in [0.3, 0.4) is 0 Å². The van der Waals surface area contributed by atoms with E-state index < -0.39 is 22.1 Å². The van der Waals surface area contributed by atoms with Gasteiger partial charge >= 0.3 is 5.97 Å². The van der Waals surface area contributed by atoms with Gasteiger partial charge in [-0.15, -0.1) is 11.1 Å². The zero-order chi connectivity index (χ0) is 27.3. The fourth-order valence-corrected chi connectivity index (χ4v) is 16.7. The van der Waals surface area contributed by atoms with Crippen molar-refractivity contribution in [3.05, 3.63) is 33.2 Å². The molecule has 0 fully saturated rings. The Morgan fingerprint density at radius 1 is 0.743 bits per heavy atom. The Morgan fingerprint density at radius 2 is 1.11 bits per heavy atom. The number of methoxy groups -OCH3 is 1. The first kappa shape index (κ1) is 31.0. The second-order valence-electron chi connectivity index (χ2n) is 11.6. The average Bonchev–Trinajstić information content (AvgIpc) is 2.73. The fourth-order valence-electron chi connectivity index (χ4n) is 6.27. The van der Waals surface area contributed by atoms with E-state index in [4.69, 9.17) is 4.74 Å². The highest BCUT2D eigenvalue weighted by Crippen LogP contribution is 2.42. The van der Waals surface area contributed by atoms with Gasteiger partial charge in [-0.25, -0.2) is 4.79 Å². The molecule has 6 heteroatoms. The number of carbonyl (C=O) groups is 1. The van der Waals surface area contributed by atoms with Gasteiger partial charge < -0.3 is 9.72 Å². The SMILES string of the molecule is COC(=O)c1c(C#C[Si](C(C)C)(C(C)C)C(C)C)c[nH]c(=O)c1C#C[Si](C(C)C)(C(C)C)C(C)C. The quantitative estimate of drug-likeness (QED) is 0.236. The molecule has 0 aliphatic heterocycles. The summed E-state index contributed by atoms with van der Waals surface area (Å²) in [5, 5.41) is 0. The van der Waals surface area contributed by atoms with E-state index in [0.29, 0.717) is 38.8 Å². The molecule has 0 amide bonds. The van der Waals surface area contributed by atoms with E-state index in [2.05, 4.69) is 111 Å². The van der Waals surface area contributed by atoms with Gasteiger partial charge in [0.05, 0.1) is 18.2 Å². The van der Waals surface area contributed by atoms with Crippen LogP contribution in [0.25, 0.3) is 0 Å². The van der Waals surface area contributed by atoms with Crippen LogP contribution < -0.4 is 5.56 Å². The Morgan fingerprint density at radius 3 is 1.46 bits per heavy atom. The number of aromatic nitrogens is 1. The first-order chi connectivity index (χ1) is 16.1. The summed E-state index contributed by atoms with van der Waals surface area (Å²) >= 11 is 0. The third-order valence-corrected chi connectivity index (χ3v) is 20.6. The van der Waals surface area contributed by atoms with Gasteiger partial charge in [-0.05, 0) is 33.2 Å². The first-order valence-electron chi connectivity index (χ1n) is 13.0. The summed E-state index contributed by atoms with van der Waals surface area (Å²) in [6, 6.07) is 0. The average molecular weight is 514 g/mol. The van der Waals surface area contributed by atoms with Crippen LogP contribution in [0, 0.1) is 22.9 Å². The highest BCUT2D eigenvalue weighted by Gasteiger charge is 2.43. The van der Waals surface area contributed by atoms with Crippen molar-refractivity contribution < 1.29 is 9.53 Å². The van der Waals surface area contributed by atoms with Gasteiger partial charge in [0.2, 0.25) is 0 Å². The molecule has 1 heterocycles. The van der Waals surface area contributed by atoms with Gasteiger partial charge in [0.1, 0.15) is 21.7 Å². The molecule has 0 spiro atoms. The van der Waals surface area contributed by atoms with Crippen molar-refractivity contribution in [3.8, 4) is 22.9 Å². The van der Waals surface area contributed by atoms with Crippen LogP contribution in [0.1, 0.15) is 105 Å². The molecule has 194 valence electrons. The summed E-state index contributed by atoms with van der Waals surface area (Å²) in [5.41, 5.74) is 10.3. The Hall–Kier alpha value is -2.03. The molecule has 0 aliphatic carbocycles. The third kappa shape index (κ3) is 6.04. The molecular formula is C29H47NO3Si2. The van der Waals surface area contributed by atoms with Crippen molar-refractivity contribution in [1.29, 1.82) is 0 Å². The maximum Gasteiger partial charge on any atom is 0.340 e. The van der Waals surface area contributed by atoms with E-state index in [9.17, 15) is 9.59 Å². The summed E-state index contributed by atoms with van der Waals surface area (Å²) in [6.07, 6.45) is 1.55. The van der Waals surface area contributed by atoms with E-state index in [1.165, 1.54) is 7.11 Å². The Labute approximate surface area is 216 Å². The topological polar surface area (TPSA) is 59.2 Å². The molecule has 0 saturated heterocycles. The summed E-state index contributed by atoms with van der Waals surface area (Å²) in [6.45, 7) is 26.8. The molecule has 4 nitrogen and oxygen atoms in total. The van der Waals surface area contributed by atoms with Crippen LogP contribution in [0.5, 0.6) is 0 Å². The van der Waals surface area contributed by atoms with E-state index in [1.54, 1.807) is 6.20 Å². The van der Waals surface area contributed by atoms with Gasteiger partial charge in [0.25, 0.3) is 5.56 Å². The van der Waals surface area contributed by atoms with Crippen LogP contribution >= 0.6 is 0 Å². The number of hydrogen-bond donors (Lipinski definition) is 1. The summed E-state index contributed by atoms with van der Waals surface area (Å²) < 4.78 is 5.12. The second-order valence-corrected chi connectivity index (χ2v) is 22.7. The highest BCUT2D eigenvalue weighted by molar-refractivity contribution is 6.91. The maximum absolute atomic E-state index is 13.0. The monoisotopic (exact) mass is 513 g/mol. The number of rotatable bonds is 7. The third-order valence-electron chi connectivity index (χ3n) is 8.03. The number of H-pyrrole nitrogens is 1. The molecule has 1 aromatic rings. The van der Waals surface area contributed by atoms with Gasteiger partial charge in [-0.1, -0.05) is 94.9 Å². The lowest BCUT2D eigenvalue weighted by Gasteiger charge is -2.38. The Balaban J connectivity index is 4.02. The minimum absolute atomic E-state index is 0.174. The van der Waals surface area contributed by atoms with Gasteiger partial charge in [-0.3, -0.25) is 4.79 Å². The van der Waals surface area contributed by atoms with Crippen molar-refractivity contribution >= 4 is 22.1 Å². The molecule has 1 N–H and O–H groups in total. The zero-order valence-corrected chi connectivity index (χ0v) is 26.3. The second kappa shape index (κ2) is 12.3. The molecule has 1 aromatic heterocycles. The molecule has 0 unspecified atom stereocenters. The lowest BCUT2D eigenvalue weighted by molar-refractivity contribution is 0.0600. The predicted octanol–water partition coefficient (Wildman–Crippen LogP) is 7.30. The van der Waals surface area contributed by atoms with E-state index >= 15 is 0 Å². The normalized spacial score (nSPS) is 12.3. The smallest absolute Gasteiger partial charge is 0.340 e. The summed E-state index contributed by atoms with van der Waals surface area (Å²) in [7, 11) is -2.81. The highest BCUT2D eigenvalue weighted by atomic mass is 28.3. The largest absolute Gasteiger partial charge is 0.465 e. The Bertz CT molecular complexity index is 1030. The fraction of sp³-hybridized carbons (Fsp3) is 0.655. The number of esters is 1. The molecule has 0 aromatic carbocycles. The molecule has 0 bridgehead atoms. The van der Waals surface area contributed by atoms with Crippen molar-refractivity contribution in [1.82, 2.24) is 4.98 Å². The van der Waals surface area contributed by atoms with E-state index in [0.717, 1.165) is 0 Å². The van der Waals surface area contributed by atoms with Crippen LogP contribution in [-0.4, -0.2) is 34.2 Å². The van der Waals surface area contributed by atoms with Crippen LogP contribution in [0.15, 0.2) is 11.0 Å². The van der Waals surface area contributed by atoms with Crippen molar-refractivity contribution in [3.63, 3.8) is 0 Å². The van der Waals surface area contributed by atoms with E-state index in [-0.39, 0.29) is 16.7 Å². The van der Waals surface area contributed by atoms with Crippen LogP contribution in [0.4, 0.5) is 0 Å². The lowest BCUT2D eigenvalue weighted by atomic mass is 10.1. The zero-order valence-electron chi connectivity index (χ0n) is 24.3. The first-order valence-corrected chi connectivity index (χ1v) is 17.5. The molecule has 35 heavy (non-hydrogen) atoms. The molecule has 1 rings (SSSR count). The van der Waals surface area contributed by atoms with Crippen LogP contribution in [0.2, 0.25) is 33.2 Å². The van der Waals surface area contributed by atoms with Gasteiger partial charge in [-0.2, -0.15) is 0 Å². The standard InChI is InChI=1S/C29H47NO3Si2/c1-19(2)34(20(3)4,21(5)6)16-14-25-18-30-28(31)26(27(25)29(32)33-13)15-17-35(22(7)8,23(9)10)24(11)12/h18-24H,1-13H3,(H,30,31).